The van der Waals surface area contributed by atoms with E-state index in [1.807, 2.05) is 0 Å². The lowest BCUT2D eigenvalue weighted by atomic mass is 10.3. The summed E-state index contributed by atoms with van der Waals surface area (Å²) in [5.41, 5.74) is 0.672. The number of nitrogens with zero attached hydrogens (tertiary/aromatic N) is 1. The SMILES string of the molecule is COc1cccc(N2C[C@H](NS(=O)(=O)c3ccc4c(c3)OCCO4)CC2=O)c1. The average Bonchev–Trinajstić information content (AvgIpc) is 3.07. The first-order chi connectivity index (χ1) is 13.5. The highest BCUT2D eigenvalue weighted by Crippen LogP contribution is 2.32. The highest BCUT2D eigenvalue weighted by Gasteiger charge is 2.34. The van der Waals surface area contributed by atoms with Crippen molar-refractivity contribution >= 4 is 21.6 Å². The molecule has 0 aliphatic carbocycles. The first kappa shape index (κ1) is 18.6. The van der Waals surface area contributed by atoms with Gasteiger partial charge in [0.1, 0.15) is 19.0 Å². The molecule has 2 aromatic rings. The van der Waals surface area contributed by atoms with Crippen molar-refractivity contribution in [2.24, 2.45) is 0 Å². The summed E-state index contributed by atoms with van der Waals surface area (Å²) in [5.74, 6) is 1.40. The molecule has 1 saturated heterocycles. The maximum atomic E-state index is 12.8. The zero-order valence-electron chi connectivity index (χ0n) is 15.3. The Hall–Kier alpha value is -2.78. The number of ether oxygens (including phenoxy) is 3. The molecule has 2 aliphatic heterocycles. The number of anilines is 1. The predicted octanol–water partition coefficient (Wildman–Crippen LogP) is 1.55. The highest BCUT2D eigenvalue weighted by atomic mass is 32.2. The van der Waals surface area contributed by atoms with E-state index in [1.54, 1.807) is 42.3 Å². The second kappa shape index (κ2) is 7.33. The molecule has 0 bridgehead atoms. The summed E-state index contributed by atoms with van der Waals surface area (Å²) in [7, 11) is -2.26. The monoisotopic (exact) mass is 404 g/mol. The third-order valence-corrected chi connectivity index (χ3v) is 6.15. The summed E-state index contributed by atoms with van der Waals surface area (Å²) in [6, 6.07) is 11.1. The van der Waals surface area contributed by atoms with Crippen molar-refractivity contribution in [3.63, 3.8) is 0 Å². The van der Waals surface area contributed by atoms with Gasteiger partial charge in [-0.05, 0) is 24.3 Å². The van der Waals surface area contributed by atoms with E-state index in [-0.39, 0.29) is 23.8 Å². The molecule has 8 nitrogen and oxygen atoms in total. The molecule has 1 atom stereocenters. The molecule has 0 saturated carbocycles. The summed E-state index contributed by atoms with van der Waals surface area (Å²) in [5, 5.41) is 0. The minimum atomic E-state index is -3.81. The van der Waals surface area contributed by atoms with Gasteiger partial charge in [0, 0.05) is 36.8 Å². The van der Waals surface area contributed by atoms with Crippen molar-refractivity contribution in [1.29, 1.82) is 0 Å². The maximum Gasteiger partial charge on any atom is 0.241 e. The number of amides is 1. The number of sulfonamides is 1. The fraction of sp³-hybridized carbons (Fsp3) is 0.316. The second-order valence-electron chi connectivity index (χ2n) is 6.53. The molecule has 4 rings (SSSR count). The van der Waals surface area contributed by atoms with Gasteiger partial charge in [-0.2, -0.15) is 0 Å². The average molecular weight is 404 g/mol. The summed E-state index contributed by atoms with van der Waals surface area (Å²) in [6.45, 7) is 1.05. The van der Waals surface area contributed by atoms with Gasteiger partial charge in [-0.3, -0.25) is 4.79 Å². The number of carbonyl (C=O) groups is 1. The molecule has 28 heavy (non-hydrogen) atoms. The van der Waals surface area contributed by atoms with Gasteiger partial charge in [-0.25, -0.2) is 13.1 Å². The Balaban J connectivity index is 1.50. The number of rotatable bonds is 5. The quantitative estimate of drug-likeness (QED) is 0.813. The van der Waals surface area contributed by atoms with E-state index in [9.17, 15) is 13.2 Å². The van der Waals surface area contributed by atoms with E-state index in [2.05, 4.69) is 4.72 Å². The predicted molar refractivity (Wildman–Crippen MR) is 102 cm³/mol. The molecular weight excluding hydrogens is 384 g/mol. The van der Waals surface area contributed by atoms with E-state index in [4.69, 9.17) is 14.2 Å². The van der Waals surface area contributed by atoms with Crippen molar-refractivity contribution in [3.8, 4) is 17.2 Å². The van der Waals surface area contributed by atoms with Crippen LogP contribution in [-0.2, 0) is 14.8 Å². The van der Waals surface area contributed by atoms with Gasteiger partial charge in [0.15, 0.2) is 11.5 Å². The fourth-order valence-electron chi connectivity index (χ4n) is 3.29. The van der Waals surface area contributed by atoms with Crippen LogP contribution in [0.25, 0.3) is 0 Å². The Kier molecular flexibility index (Phi) is 4.86. The molecule has 148 valence electrons. The van der Waals surface area contributed by atoms with Gasteiger partial charge in [0.25, 0.3) is 0 Å². The van der Waals surface area contributed by atoms with Crippen molar-refractivity contribution in [3.05, 3.63) is 42.5 Å². The van der Waals surface area contributed by atoms with Crippen LogP contribution in [0.3, 0.4) is 0 Å². The molecule has 0 radical (unpaired) electrons. The van der Waals surface area contributed by atoms with Gasteiger partial charge in [0.2, 0.25) is 15.9 Å². The third-order valence-electron chi connectivity index (χ3n) is 4.64. The topological polar surface area (TPSA) is 94.2 Å². The normalized spacial score (nSPS) is 19.0. The molecule has 0 unspecified atom stereocenters. The van der Waals surface area contributed by atoms with Crippen molar-refractivity contribution < 1.29 is 27.4 Å². The van der Waals surface area contributed by atoms with E-state index in [1.165, 1.54) is 12.1 Å². The maximum absolute atomic E-state index is 12.8. The van der Waals surface area contributed by atoms with Crippen LogP contribution in [0.1, 0.15) is 6.42 Å². The Morgan fingerprint density at radius 3 is 2.68 bits per heavy atom. The minimum Gasteiger partial charge on any atom is -0.497 e. The van der Waals surface area contributed by atoms with Gasteiger partial charge in [0.05, 0.1) is 12.0 Å². The summed E-state index contributed by atoms with van der Waals surface area (Å²) >= 11 is 0. The summed E-state index contributed by atoms with van der Waals surface area (Å²) < 4.78 is 44.2. The minimum absolute atomic E-state index is 0.0732. The number of benzene rings is 2. The largest absolute Gasteiger partial charge is 0.497 e. The van der Waals surface area contributed by atoms with Crippen LogP contribution in [0, 0.1) is 0 Å². The Labute approximate surface area is 163 Å². The highest BCUT2D eigenvalue weighted by molar-refractivity contribution is 7.89. The Bertz CT molecular complexity index is 1010. The van der Waals surface area contributed by atoms with Gasteiger partial charge < -0.3 is 19.1 Å². The molecule has 2 heterocycles. The molecule has 1 fully saturated rings. The van der Waals surface area contributed by atoms with E-state index >= 15 is 0 Å². The van der Waals surface area contributed by atoms with Gasteiger partial charge in [-0.1, -0.05) is 6.07 Å². The first-order valence-corrected chi connectivity index (χ1v) is 10.3. The van der Waals surface area contributed by atoms with Gasteiger partial charge >= 0.3 is 0 Å². The fourth-order valence-corrected chi connectivity index (χ4v) is 4.53. The molecule has 1 N–H and O–H groups in total. The zero-order valence-corrected chi connectivity index (χ0v) is 16.1. The van der Waals surface area contributed by atoms with Gasteiger partial charge in [-0.15, -0.1) is 0 Å². The first-order valence-electron chi connectivity index (χ1n) is 8.83. The molecule has 9 heteroatoms. The standard InChI is InChI=1S/C19H20N2O6S/c1-25-15-4-2-3-14(10-15)21-12-13(9-19(21)22)20-28(23,24)16-5-6-17-18(11-16)27-8-7-26-17/h2-6,10-11,13,20H,7-9,12H2,1H3/t13-/m1/s1. The van der Waals surface area contributed by atoms with E-state index < -0.39 is 16.1 Å². The number of hydrogen-bond acceptors (Lipinski definition) is 6. The molecule has 0 spiro atoms. The van der Waals surface area contributed by atoms with Crippen molar-refractivity contribution in [2.75, 3.05) is 31.8 Å². The van der Waals surface area contributed by atoms with Crippen LogP contribution in [0.15, 0.2) is 47.4 Å². The van der Waals surface area contributed by atoms with Crippen LogP contribution < -0.4 is 23.8 Å². The number of nitrogens with one attached hydrogen (secondary N) is 1. The smallest absolute Gasteiger partial charge is 0.241 e. The number of carbonyl (C=O) groups excluding carboxylic acids is 1. The van der Waals surface area contributed by atoms with Crippen LogP contribution >= 0.6 is 0 Å². The summed E-state index contributed by atoms with van der Waals surface area (Å²) in [4.78, 5) is 14.0. The number of hydrogen-bond donors (Lipinski definition) is 1. The molecular formula is C19H20N2O6S. The van der Waals surface area contributed by atoms with Crippen molar-refractivity contribution in [1.82, 2.24) is 4.72 Å². The molecule has 2 aliphatic rings. The van der Waals surface area contributed by atoms with E-state index in [0.29, 0.717) is 36.1 Å². The van der Waals surface area contributed by atoms with Crippen molar-refractivity contribution in [2.45, 2.75) is 17.4 Å². The third kappa shape index (κ3) is 3.63. The van der Waals surface area contributed by atoms with E-state index in [0.717, 1.165) is 0 Å². The molecule has 2 aromatic carbocycles. The number of methoxy groups -OCH3 is 1. The van der Waals surface area contributed by atoms with Crippen LogP contribution in [-0.4, -0.2) is 47.2 Å². The van der Waals surface area contributed by atoms with Crippen LogP contribution in [0.5, 0.6) is 17.2 Å². The zero-order chi connectivity index (χ0) is 19.7. The molecule has 0 aromatic heterocycles. The lowest BCUT2D eigenvalue weighted by Crippen LogP contribution is -2.37. The lowest BCUT2D eigenvalue weighted by Gasteiger charge is -2.20. The Morgan fingerprint density at radius 1 is 1.11 bits per heavy atom. The second-order valence-corrected chi connectivity index (χ2v) is 8.25. The Morgan fingerprint density at radius 2 is 1.89 bits per heavy atom. The van der Waals surface area contributed by atoms with Crippen LogP contribution in [0.2, 0.25) is 0 Å². The number of fused-ring (bicyclic) bond motifs is 1. The van der Waals surface area contributed by atoms with Crippen LogP contribution in [0.4, 0.5) is 5.69 Å². The summed E-state index contributed by atoms with van der Waals surface area (Å²) in [6.07, 6.45) is 0.0843. The molecule has 1 amide bonds. The lowest BCUT2D eigenvalue weighted by molar-refractivity contribution is -0.117.